The van der Waals surface area contributed by atoms with Crippen molar-refractivity contribution in [2.75, 3.05) is 6.54 Å². The van der Waals surface area contributed by atoms with Crippen molar-refractivity contribution in [2.45, 2.75) is 38.6 Å². The van der Waals surface area contributed by atoms with Crippen LogP contribution in [-0.2, 0) is 0 Å². The molecule has 1 aliphatic carbocycles. The zero-order valence-corrected chi connectivity index (χ0v) is 9.29. The first-order chi connectivity index (χ1) is 7.42. The van der Waals surface area contributed by atoms with Crippen LogP contribution in [-0.4, -0.2) is 16.7 Å². The van der Waals surface area contributed by atoms with E-state index in [1.165, 1.54) is 36.8 Å². The summed E-state index contributed by atoms with van der Waals surface area (Å²) < 4.78 is 0. The highest BCUT2D eigenvalue weighted by Gasteiger charge is 2.18. The van der Waals surface area contributed by atoms with Gasteiger partial charge in [0.1, 0.15) is 0 Å². The zero-order valence-electron chi connectivity index (χ0n) is 9.29. The Balaban J connectivity index is 2.09. The highest BCUT2D eigenvalue weighted by atomic mass is 15.1. The first-order valence-electron chi connectivity index (χ1n) is 5.82. The van der Waals surface area contributed by atoms with Crippen molar-refractivity contribution in [3.8, 4) is 0 Å². The van der Waals surface area contributed by atoms with Gasteiger partial charge in [-0.25, -0.2) is 0 Å². The number of allylic oxidation sites excluding steroid dienone is 1. The van der Waals surface area contributed by atoms with Crippen molar-refractivity contribution < 1.29 is 0 Å². The van der Waals surface area contributed by atoms with Crippen LogP contribution in [0.5, 0.6) is 0 Å². The Bertz CT molecular complexity index is 314. The smallest absolute Gasteiger partial charge is 0.0567 e. The highest BCUT2D eigenvalue weighted by Crippen LogP contribution is 2.29. The first-order valence-corrected chi connectivity index (χ1v) is 5.82. The maximum absolute atomic E-state index is 4.03. The molecule has 1 unspecified atom stereocenters. The molecule has 0 spiro atoms. The molecule has 1 atom stereocenters. The van der Waals surface area contributed by atoms with Gasteiger partial charge in [-0.15, -0.1) is 0 Å². The summed E-state index contributed by atoms with van der Waals surface area (Å²) in [6.07, 6.45) is 11.2. The third kappa shape index (κ3) is 2.48. The summed E-state index contributed by atoms with van der Waals surface area (Å²) in [6, 6.07) is 0.381. The lowest BCUT2D eigenvalue weighted by atomic mass is 10.0. The van der Waals surface area contributed by atoms with Crippen molar-refractivity contribution >= 4 is 0 Å². The minimum Gasteiger partial charge on any atom is -0.306 e. The second-order valence-electron chi connectivity index (χ2n) is 4.09. The van der Waals surface area contributed by atoms with Crippen molar-refractivity contribution in [1.82, 2.24) is 15.5 Å². The van der Waals surface area contributed by atoms with E-state index in [0.717, 1.165) is 6.54 Å². The molecule has 0 fully saturated rings. The monoisotopic (exact) mass is 205 g/mol. The number of hydrogen-bond donors (Lipinski definition) is 2. The molecule has 2 rings (SSSR count). The maximum atomic E-state index is 4.03. The second kappa shape index (κ2) is 5.12. The Morgan fingerprint density at radius 3 is 3.13 bits per heavy atom. The predicted octanol–water partition coefficient (Wildman–Crippen LogP) is 2.56. The van der Waals surface area contributed by atoms with Gasteiger partial charge in [-0.3, -0.25) is 5.10 Å². The molecule has 1 aromatic heterocycles. The molecule has 1 aliphatic rings. The van der Waals surface area contributed by atoms with E-state index in [1.807, 2.05) is 12.4 Å². The molecular weight excluding hydrogens is 186 g/mol. The molecule has 0 radical (unpaired) electrons. The van der Waals surface area contributed by atoms with E-state index < -0.39 is 0 Å². The lowest BCUT2D eigenvalue weighted by Gasteiger charge is -2.18. The van der Waals surface area contributed by atoms with Crippen LogP contribution in [0.3, 0.4) is 0 Å². The van der Waals surface area contributed by atoms with E-state index in [9.17, 15) is 0 Å². The summed E-state index contributed by atoms with van der Waals surface area (Å²) in [6.45, 7) is 3.26. The summed E-state index contributed by atoms with van der Waals surface area (Å²) in [4.78, 5) is 0. The molecule has 0 bridgehead atoms. The Morgan fingerprint density at radius 1 is 1.60 bits per heavy atom. The number of aromatic amines is 1. The van der Waals surface area contributed by atoms with Crippen LogP contribution >= 0.6 is 0 Å². The van der Waals surface area contributed by atoms with Gasteiger partial charge >= 0.3 is 0 Å². The number of H-pyrrole nitrogens is 1. The Morgan fingerprint density at radius 2 is 2.53 bits per heavy atom. The predicted molar refractivity (Wildman–Crippen MR) is 61.6 cm³/mol. The van der Waals surface area contributed by atoms with Gasteiger partial charge in [-0.05, 0) is 32.2 Å². The molecule has 82 valence electrons. The quantitative estimate of drug-likeness (QED) is 0.725. The molecule has 15 heavy (non-hydrogen) atoms. The summed E-state index contributed by atoms with van der Waals surface area (Å²) in [5.41, 5.74) is 2.79. The minimum absolute atomic E-state index is 0.381. The standard InChI is InChI=1S/C12H19N3/c1-2-7-13-12(10-5-3-4-6-10)11-8-14-15-9-11/h5,8-9,12-13H,2-4,6-7H2,1H3,(H,14,15). The van der Waals surface area contributed by atoms with Gasteiger partial charge < -0.3 is 5.32 Å². The third-order valence-electron chi connectivity index (χ3n) is 2.90. The average Bonchev–Trinajstić information content (AvgIpc) is 2.90. The molecule has 3 heteroatoms. The topological polar surface area (TPSA) is 40.7 Å². The van der Waals surface area contributed by atoms with Gasteiger partial charge in [0.25, 0.3) is 0 Å². The van der Waals surface area contributed by atoms with Crippen LogP contribution in [0.4, 0.5) is 0 Å². The molecule has 0 aromatic carbocycles. The lowest BCUT2D eigenvalue weighted by Crippen LogP contribution is -2.23. The van der Waals surface area contributed by atoms with Gasteiger partial charge in [-0.2, -0.15) is 5.10 Å². The molecule has 1 heterocycles. The molecule has 1 aromatic rings. The van der Waals surface area contributed by atoms with E-state index in [-0.39, 0.29) is 0 Å². The van der Waals surface area contributed by atoms with Crippen molar-refractivity contribution in [2.24, 2.45) is 0 Å². The van der Waals surface area contributed by atoms with Crippen LogP contribution in [0.25, 0.3) is 0 Å². The number of aromatic nitrogens is 2. The Kier molecular flexibility index (Phi) is 3.56. The summed E-state index contributed by atoms with van der Waals surface area (Å²) >= 11 is 0. The van der Waals surface area contributed by atoms with E-state index in [1.54, 1.807) is 0 Å². The molecule has 3 nitrogen and oxygen atoms in total. The third-order valence-corrected chi connectivity index (χ3v) is 2.90. The van der Waals surface area contributed by atoms with Gasteiger partial charge in [0.2, 0.25) is 0 Å². The summed E-state index contributed by atoms with van der Waals surface area (Å²) in [5, 5.41) is 10.5. The van der Waals surface area contributed by atoms with Gasteiger partial charge in [0.15, 0.2) is 0 Å². The van der Waals surface area contributed by atoms with E-state index in [4.69, 9.17) is 0 Å². The van der Waals surface area contributed by atoms with E-state index >= 15 is 0 Å². The molecular formula is C12H19N3. The van der Waals surface area contributed by atoms with Crippen molar-refractivity contribution in [3.05, 3.63) is 29.6 Å². The van der Waals surface area contributed by atoms with Gasteiger partial charge in [0.05, 0.1) is 12.2 Å². The van der Waals surface area contributed by atoms with Crippen LogP contribution in [0, 0.1) is 0 Å². The number of hydrogen-bond acceptors (Lipinski definition) is 2. The van der Waals surface area contributed by atoms with Crippen LogP contribution < -0.4 is 5.32 Å². The van der Waals surface area contributed by atoms with Crippen molar-refractivity contribution in [3.63, 3.8) is 0 Å². The van der Waals surface area contributed by atoms with Crippen LogP contribution in [0.1, 0.15) is 44.2 Å². The minimum atomic E-state index is 0.381. The first kappa shape index (κ1) is 10.4. The largest absolute Gasteiger partial charge is 0.306 e. The normalized spacial score (nSPS) is 17.8. The fraction of sp³-hybridized carbons (Fsp3) is 0.583. The van der Waals surface area contributed by atoms with Crippen molar-refractivity contribution in [1.29, 1.82) is 0 Å². The summed E-state index contributed by atoms with van der Waals surface area (Å²) in [5.74, 6) is 0. The fourth-order valence-electron chi connectivity index (χ4n) is 2.13. The average molecular weight is 205 g/mol. The fourth-order valence-corrected chi connectivity index (χ4v) is 2.13. The molecule has 2 N–H and O–H groups in total. The molecule has 0 amide bonds. The molecule has 0 saturated carbocycles. The lowest BCUT2D eigenvalue weighted by molar-refractivity contribution is 0.579. The zero-order chi connectivity index (χ0) is 10.5. The van der Waals surface area contributed by atoms with Crippen LogP contribution in [0.2, 0.25) is 0 Å². The Labute approximate surface area is 91.0 Å². The number of nitrogens with one attached hydrogen (secondary N) is 2. The maximum Gasteiger partial charge on any atom is 0.0567 e. The van der Waals surface area contributed by atoms with Crippen LogP contribution in [0.15, 0.2) is 24.0 Å². The number of rotatable bonds is 5. The molecule has 0 aliphatic heterocycles. The second-order valence-corrected chi connectivity index (χ2v) is 4.09. The molecule has 0 saturated heterocycles. The summed E-state index contributed by atoms with van der Waals surface area (Å²) in [7, 11) is 0. The number of nitrogens with zero attached hydrogens (tertiary/aromatic N) is 1. The SMILES string of the molecule is CCCNC(C1=CCCC1)c1cn[nH]c1. The van der Waals surface area contributed by atoms with Gasteiger partial charge in [-0.1, -0.05) is 18.6 Å². The van der Waals surface area contributed by atoms with Gasteiger partial charge in [0, 0.05) is 11.8 Å². The van der Waals surface area contributed by atoms with E-state index in [2.05, 4.69) is 28.5 Å². The highest BCUT2D eigenvalue weighted by molar-refractivity contribution is 5.26. The van der Waals surface area contributed by atoms with E-state index in [0.29, 0.717) is 6.04 Å². The Hall–Kier alpha value is -1.09.